The van der Waals surface area contributed by atoms with Crippen LogP contribution in [0.3, 0.4) is 0 Å². The van der Waals surface area contributed by atoms with E-state index >= 15 is 0 Å². The third-order valence-corrected chi connectivity index (χ3v) is 8.79. The lowest BCUT2D eigenvalue weighted by molar-refractivity contribution is -0.665. The third kappa shape index (κ3) is 6.05. The van der Waals surface area contributed by atoms with Crippen LogP contribution in [0.1, 0.15) is 48.9 Å². The molecule has 1 aromatic heterocycles. The molecule has 0 saturated heterocycles. The molecule has 5 rings (SSSR count). The fourth-order valence-corrected chi connectivity index (χ4v) is 6.99. The summed E-state index contributed by atoms with van der Waals surface area (Å²) in [6, 6.07) is 24.1. The molecule has 0 aliphatic carbocycles. The largest absolute Gasteiger partial charge is 1.00 e. The second kappa shape index (κ2) is 12.5. The number of anilines is 1. The van der Waals surface area contributed by atoms with Crippen LogP contribution in [0.15, 0.2) is 88.3 Å². The highest BCUT2D eigenvalue weighted by Gasteiger charge is 2.24. The fourth-order valence-electron chi connectivity index (χ4n) is 4.62. The average molecular weight is 637 g/mol. The van der Waals surface area contributed by atoms with E-state index in [4.69, 9.17) is 0 Å². The number of hydrogen-bond donors (Lipinski definition) is 0. The Labute approximate surface area is 246 Å². The van der Waals surface area contributed by atoms with Crippen molar-refractivity contribution in [2.24, 2.45) is 0 Å². The maximum absolute atomic E-state index is 2.45. The normalized spacial score (nSPS) is 14.5. The minimum atomic E-state index is 0. The summed E-state index contributed by atoms with van der Waals surface area (Å²) < 4.78 is 3.78. The molecule has 4 aromatic rings. The van der Waals surface area contributed by atoms with Gasteiger partial charge in [0.25, 0.3) is 5.01 Å². The molecule has 0 amide bonds. The van der Waals surface area contributed by atoms with Crippen molar-refractivity contribution in [2.45, 2.75) is 45.6 Å². The Morgan fingerprint density at radius 3 is 2.43 bits per heavy atom. The Bertz CT molecular complexity index is 1480. The number of rotatable bonds is 7. The van der Waals surface area contributed by atoms with Gasteiger partial charge in [-0.2, -0.15) is 4.57 Å². The van der Waals surface area contributed by atoms with Crippen molar-refractivity contribution in [2.75, 3.05) is 11.4 Å². The van der Waals surface area contributed by atoms with Gasteiger partial charge in [-0.05, 0) is 73.7 Å². The molecule has 3 aromatic carbocycles. The molecule has 0 unspecified atom stereocenters. The maximum Gasteiger partial charge on any atom is 0.263 e. The summed E-state index contributed by atoms with van der Waals surface area (Å²) in [6.45, 7) is 10.8. The van der Waals surface area contributed by atoms with Crippen molar-refractivity contribution in [1.82, 2.24) is 0 Å². The smallest absolute Gasteiger partial charge is 0.263 e. The second-order valence-electron chi connectivity index (χ2n) is 9.03. The van der Waals surface area contributed by atoms with Crippen LogP contribution in [-0.4, -0.2) is 6.54 Å². The van der Waals surface area contributed by atoms with Gasteiger partial charge in [-0.25, -0.2) is 0 Å². The molecule has 37 heavy (non-hydrogen) atoms. The summed E-state index contributed by atoms with van der Waals surface area (Å²) in [4.78, 5) is 3.80. The summed E-state index contributed by atoms with van der Waals surface area (Å²) in [6.07, 6.45) is 10.2. The first-order valence-electron chi connectivity index (χ1n) is 12.8. The van der Waals surface area contributed by atoms with Gasteiger partial charge in [0, 0.05) is 23.6 Å². The van der Waals surface area contributed by atoms with Crippen LogP contribution in [0.25, 0.3) is 28.4 Å². The summed E-state index contributed by atoms with van der Waals surface area (Å²) >= 11 is 3.77. The number of fused-ring (bicyclic) bond motifs is 2. The first kappa shape index (κ1) is 27.7. The summed E-state index contributed by atoms with van der Waals surface area (Å²) in [5.74, 6) is 0. The van der Waals surface area contributed by atoms with Gasteiger partial charge in [0.15, 0.2) is 0 Å². The van der Waals surface area contributed by atoms with Gasteiger partial charge in [-0.15, -0.1) is 0 Å². The average Bonchev–Trinajstić information content (AvgIpc) is 3.43. The Balaban J connectivity index is 0.00000320. The zero-order chi connectivity index (χ0) is 25.1. The van der Waals surface area contributed by atoms with Crippen LogP contribution in [0.4, 0.5) is 5.69 Å². The van der Waals surface area contributed by atoms with Gasteiger partial charge < -0.3 is 28.9 Å². The molecule has 190 valence electrons. The van der Waals surface area contributed by atoms with E-state index in [1.165, 1.54) is 53.1 Å². The quantitative estimate of drug-likeness (QED) is 0.141. The van der Waals surface area contributed by atoms with Crippen LogP contribution >= 0.6 is 23.1 Å². The van der Waals surface area contributed by atoms with E-state index in [1.807, 2.05) is 23.1 Å². The summed E-state index contributed by atoms with van der Waals surface area (Å²) in [5.41, 5.74) is 7.77. The van der Waals surface area contributed by atoms with E-state index in [0.717, 1.165) is 19.5 Å². The first-order valence-corrected chi connectivity index (χ1v) is 14.4. The van der Waals surface area contributed by atoms with Gasteiger partial charge >= 0.3 is 0 Å². The zero-order valence-electron chi connectivity index (χ0n) is 21.9. The third-order valence-electron chi connectivity index (χ3n) is 6.57. The molecule has 2 nitrogen and oxygen atoms in total. The molecule has 0 bridgehead atoms. The molecular weight excluding hydrogens is 603 g/mol. The Morgan fingerprint density at radius 1 is 0.919 bits per heavy atom. The van der Waals surface area contributed by atoms with Gasteiger partial charge in [0.2, 0.25) is 5.52 Å². The van der Waals surface area contributed by atoms with Crippen molar-refractivity contribution < 1.29 is 28.5 Å². The standard InChI is InChI=1S/C32H33N2S2.HI/c1-5-24(21-31-33(6-2)27-19-23(4)13-17-29(27)35-31)22-32-34(7-3)28-20-26(16-18-30(28)36-32)15-14-25-11-9-8-10-12-25;/h8-22H,5-7H2,1-4H3;1H/q+1;/p-1/b15-14+;. The van der Waals surface area contributed by atoms with Gasteiger partial charge in [0.05, 0.1) is 10.7 Å². The molecular formula is C32H33IN2S2. The van der Waals surface area contributed by atoms with Crippen LogP contribution in [0.2, 0.25) is 0 Å². The van der Waals surface area contributed by atoms with Crippen molar-refractivity contribution in [3.05, 3.63) is 105 Å². The lowest BCUT2D eigenvalue weighted by Gasteiger charge is -2.18. The summed E-state index contributed by atoms with van der Waals surface area (Å²) in [5, 5.41) is 2.63. The molecule has 0 spiro atoms. The number of aryl methyl sites for hydroxylation is 2. The molecule has 0 radical (unpaired) electrons. The van der Waals surface area contributed by atoms with Gasteiger partial charge in [0.1, 0.15) is 11.2 Å². The molecule has 1 aliphatic rings. The topological polar surface area (TPSA) is 7.12 Å². The summed E-state index contributed by atoms with van der Waals surface area (Å²) in [7, 11) is 0. The Morgan fingerprint density at radius 2 is 1.70 bits per heavy atom. The number of aromatic nitrogens is 1. The number of allylic oxidation sites excluding steroid dienone is 2. The zero-order valence-corrected chi connectivity index (χ0v) is 25.7. The first-order chi connectivity index (χ1) is 17.6. The minimum absolute atomic E-state index is 0. The minimum Gasteiger partial charge on any atom is -1.00 e. The lowest BCUT2D eigenvalue weighted by atomic mass is 10.1. The van der Waals surface area contributed by atoms with E-state index < -0.39 is 0 Å². The molecule has 0 fully saturated rings. The van der Waals surface area contributed by atoms with E-state index in [1.54, 1.807) is 0 Å². The van der Waals surface area contributed by atoms with Crippen LogP contribution in [0, 0.1) is 6.92 Å². The highest BCUT2D eigenvalue weighted by molar-refractivity contribution is 8.03. The Hall–Kier alpha value is -2.35. The molecule has 0 atom stereocenters. The number of nitrogens with zero attached hydrogens (tertiary/aromatic N) is 2. The predicted molar refractivity (Wildman–Crippen MR) is 159 cm³/mol. The van der Waals surface area contributed by atoms with Crippen LogP contribution < -0.4 is 33.4 Å². The predicted octanol–water partition coefficient (Wildman–Crippen LogP) is 5.96. The van der Waals surface area contributed by atoms with Crippen molar-refractivity contribution >= 4 is 57.2 Å². The lowest BCUT2D eigenvalue weighted by Crippen LogP contribution is -3.00. The van der Waals surface area contributed by atoms with Gasteiger partial charge in [-0.3, -0.25) is 0 Å². The van der Waals surface area contributed by atoms with Crippen molar-refractivity contribution in [3.8, 4) is 0 Å². The fraction of sp³-hybridized carbons (Fsp3) is 0.219. The number of halogens is 1. The van der Waals surface area contributed by atoms with Crippen LogP contribution in [-0.2, 0) is 6.54 Å². The Kier molecular flexibility index (Phi) is 9.32. The maximum atomic E-state index is 2.45. The van der Waals surface area contributed by atoms with E-state index in [9.17, 15) is 0 Å². The number of hydrogen-bond acceptors (Lipinski definition) is 3. The molecule has 0 N–H and O–H groups in total. The SMILES string of the molecule is CCC(=Cc1sc2ccc(/C=C/c3ccccc3)cc2[n+]1CC)C=C1Sc2ccc(C)cc2N1CC.[I-]. The van der Waals surface area contributed by atoms with Gasteiger partial charge in [-0.1, -0.05) is 84.6 Å². The van der Waals surface area contributed by atoms with Crippen LogP contribution in [0.5, 0.6) is 0 Å². The molecule has 0 saturated carbocycles. The highest BCUT2D eigenvalue weighted by atomic mass is 127. The van der Waals surface area contributed by atoms with Crippen molar-refractivity contribution in [1.29, 1.82) is 0 Å². The van der Waals surface area contributed by atoms with E-state index in [-0.39, 0.29) is 24.0 Å². The highest BCUT2D eigenvalue weighted by Crippen LogP contribution is 2.46. The van der Waals surface area contributed by atoms with E-state index in [2.05, 4.69) is 128 Å². The van der Waals surface area contributed by atoms with Crippen molar-refractivity contribution in [3.63, 3.8) is 0 Å². The molecule has 5 heteroatoms. The molecule has 1 aliphatic heterocycles. The number of benzene rings is 3. The number of thiazole rings is 1. The molecule has 2 heterocycles. The van der Waals surface area contributed by atoms with E-state index in [0.29, 0.717) is 0 Å². The monoisotopic (exact) mass is 636 g/mol. The second-order valence-corrected chi connectivity index (χ2v) is 11.2. The number of thioether (sulfide) groups is 1.